The van der Waals surface area contributed by atoms with E-state index in [2.05, 4.69) is 10.3 Å². The van der Waals surface area contributed by atoms with Crippen LogP contribution in [0.3, 0.4) is 0 Å². The third-order valence-corrected chi connectivity index (χ3v) is 1.09. The van der Waals surface area contributed by atoms with Crippen LogP contribution in [0.5, 0.6) is 0 Å². The van der Waals surface area contributed by atoms with Crippen molar-refractivity contribution < 1.29 is 36.9 Å². The van der Waals surface area contributed by atoms with E-state index in [1.165, 1.54) is 6.92 Å². The Hall–Kier alpha value is -0.588. The van der Waals surface area contributed by atoms with Crippen LogP contribution in [-0.2, 0) is 36.9 Å². The molecule has 0 fully saturated rings. The molecule has 0 aliphatic rings. The van der Waals surface area contributed by atoms with E-state index in [1.54, 1.807) is 0 Å². The van der Waals surface area contributed by atoms with E-state index < -0.39 is 0 Å². The molecule has 12 heavy (non-hydrogen) atoms. The predicted octanol–water partition coefficient (Wildman–Crippen LogP) is 1.57. The summed E-state index contributed by atoms with van der Waals surface area (Å²) in [4.78, 5) is 14.9. The fourth-order valence-corrected chi connectivity index (χ4v) is 0.637. The second-order valence-corrected chi connectivity index (χ2v) is 2.06. The van der Waals surface area contributed by atoms with Crippen molar-refractivity contribution in [1.82, 2.24) is 0 Å². The maximum Gasteiger partial charge on any atom is 0.329 e. The molecule has 0 saturated carbocycles. The summed E-state index contributed by atoms with van der Waals surface area (Å²) in [6, 6.07) is 9.21. The van der Waals surface area contributed by atoms with Gasteiger partial charge in [-0.3, -0.25) is 4.79 Å². The fraction of sp³-hybridized carbons (Fsp3) is 0.125. The first-order valence-corrected chi connectivity index (χ1v) is 3.27. The van der Waals surface area contributed by atoms with E-state index >= 15 is 0 Å². The number of carbonyl (C=O) groups excluding carboxylic acids is 1. The second kappa shape index (κ2) is 5.99. The molecule has 0 amide bonds. The van der Waals surface area contributed by atoms with Gasteiger partial charge in [0.25, 0.3) is 0 Å². The van der Waals surface area contributed by atoms with Crippen LogP contribution >= 0.6 is 0 Å². The molecule has 1 N–H and O–H groups in total. The molecule has 0 atom stereocenters. The van der Waals surface area contributed by atoms with Crippen molar-refractivity contribution in [2.45, 2.75) is 6.92 Å². The Kier molecular flexibility index (Phi) is 5.69. The summed E-state index contributed by atoms with van der Waals surface area (Å²) in [7, 11) is 0. The third kappa shape index (κ3) is 4.32. The SMILES string of the molecule is CC(=O)ONc1ccccc1.[Cd]. The average molecular weight is 264 g/mol. The Balaban J connectivity index is 0.00000121. The molecule has 0 radical (unpaired) electrons. The van der Waals surface area contributed by atoms with Gasteiger partial charge in [-0.15, -0.1) is 0 Å². The summed E-state index contributed by atoms with van der Waals surface area (Å²) in [5.74, 6) is -0.353. The van der Waals surface area contributed by atoms with E-state index in [1.807, 2.05) is 30.3 Å². The summed E-state index contributed by atoms with van der Waals surface area (Å²) < 4.78 is 0. The number of rotatable bonds is 2. The number of hydrogen-bond donors (Lipinski definition) is 1. The van der Waals surface area contributed by atoms with Crippen molar-refractivity contribution in [2.24, 2.45) is 0 Å². The second-order valence-electron chi connectivity index (χ2n) is 2.06. The van der Waals surface area contributed by atoms with Crippen molar-refractivity contribution in [3.8, 4) is 0 Å². The third-order valence-electron chi connectivity index (χ3n) is 1.09. The van der Waals surface area contributed by atoms with E-state index in [4.69, 9.17) is 0 Å². The van der Waals surface area contributed by atoms with Crippen molar-refractivity contribution in [1.29, 1.82) is 0 Å². The summed E-state index contributed by atoms with van der Waals surface area (Å²) in [6.45, 7) is 1.34. The molecule has 0 aliphatic heterocycles. The molecule has 1 rings (SSSR count). The first kappa shape index (κ1) is 11.4. The van der Waals surface area contributed by atoms with Crippen molar-refractivity contribution in [3.05, 3.63) is 30.3 Å². The van der Waals surface area contributed by atoms with Gasteiger partial charge in [-0.05, 0) is 12.1 Å². The molecule has 1 aromatic rings. The Bertz CT molecular complexity index is 238. The van der Waals surface area contributed by atoms with Gasteiger partial charge < -0.3 is 4.84 Å². The fourth-order valence-electron chi connectivity index (χ4n) is 0.637. The van der Waals surface area contributed by atoms with Crippen molar-refractivity contribution in [2.75, 3.05) is 5.48 Å². The van der Waals surface area contributed by atoms with E-state index in [0.717, 1.165) is 5.69 Å². The minimum atomic E-state index is -0.353. The van der Waals surface area contributed by atoms with Crippen LogP contribution in [0.2, 0.25) is 0 Å². The quantitative estimate of drug-likeness (QED) is 0.650. The van der Waals surface area contributed by atoms with Gasteiger partial charge in [-0.1, -0.05) is 18.2 Å². The van der Waals surface area contributed by atoms with E-state index in [9.17, 15) is 4.79 Å². The van der Waals surface area contributed by atoms with Crippen LogP contribution in [0.25, 0.3) is 0 Å². The molecule has 0 heterocycles. The Morgan fingerprint density at radius 2 is 1.92 bits per heavy atom. The van der Waals surface area contributed by atoms with E-state index in [-0.39, 0.29) is 33.3 Å². The Morgan fingerprint density at radius 3 is 2.42 bits per heavy atom. The molecule has 0 saturated heterocycles. The summed E-state index contributed by atoms with van der Waals surface area (Å²) in [5.41, 5.74) is 3.26. The first-order valence-electron chi connectivity index (χ1n) is 3.27. The van der Waals surface area contributed by atoms with Crippen LogP contribution in [-0.4, -0.2) is 5.97 Å². The molecule has 60 valence electrons. The Morgan fingerprint density at radius 1 is 1.33 bits per heavy atom. The van der Waals surface area contributed by atoms with Gasteiger partial charge in [-0.25, -0.2) is 5.48 Å². The summed E-state index contributed by atoms with van der Waals surface area (Å²) >= 11 is 0. The van der Waals surface area contributed by atoms with E-state index in [0.29, 0.717) is 0 Å². The number of benzene rings is 1. The van der Waals surface area contributed by atoms with Crippen LogP contribution in [0, 0.1) is 0 Å². The maximum absolute atomic E-state index is 10.3. The standard InChI is InChI=1S/C8H9NO2.Cd/c1-7(10)11-9-8-5-3-2-4-6-8;/h2-6,9H,1H3;. The number of para-hydroxylation sites is 1. The largest absolute Gasteiger partial charge is 0.344 e. The molecular formula is C8H9CdNO2. The predicted molar refractivity (Wildman–Crippen MR) is 41.8 cm³/mol. The molecule has 0 bridgehead atoms. The van der Waals surface area contributed by atoms with Gasteiger partial charge in [0, 0.05) is 34.2 Å². The smallest absolute Gasteiger partial charge is 0.329 e. The number of hydrogen-bond acceptors (Lipinski definition) is 3. The van der Waals surface area contributed by atoms with Gasteiger partial charge in [0.15, 0.2) is 0 Å². The van der Waals surface area contributed by atoms with Crippen LogP contribution < -0.4 is 5.48 Å². The molecule has 0 aromatic heterocycles. The molecule has 1 aromatic carbocycles. The normalized spacial score (nSPS) is 8.08. The van der Waals surface area contributed by atoms with Crippen LogP contribution in [0.1, 0.15) is 6.92 Å². The van der Waals surface area contributed by atoms with Gasteiger partial charge in [0.2, 0.25) is 0 Å². The minimum absolute atomic E-state index is 0. The maximum atomic E-state index is 10.3. The van der Waals surface area contributed by atoms with Gasteiger partial charge >= 0.3 is 5.97 Å². The van der Waals surface area contributed by atoms with Gasteiger partial charge in [0.05, 0.1) is 5.69 Å². The summed E-state index contributed by atoms with van der Waals surface area (Å²) in [6.07, 6.45) is 0. The van der Waals surface area contributed by atoms with Crippen molar-refractivity contribution >= 4 is 11.7 Å². The molecule has 0 unspecified atom stereocenters. The molecule has 4 heteroatoms. The number of anilines is 1. The van der Waals surface area contributed by atoms with Gasteiger partial charge in [-0.2, -0.15) is 0 Å². The van der Waals surface area contributed by atoms with Gasteiger partial charge in [0.1, 0.15) is 0 Å². The minimum Gasteiger partial charge on any atom is -0.344 e. The average Bonchev–Trinajstić information content (AvgIpc) is 2.03. The van der Waals surface area contributed by atoms with Crippen molar-refractivity contribution in [3.63, 3.8) is 0 Å². The Labute approximate surface area is 91.2 Å². The zero-order chi connectivity index (χ0) is 8.10. The van der Waals surface area contributed by atoms with Crippen LogP contribution in [0.4, 0.5) is 5.69 Å². The molecular weight excluding hydrogens is 255 g/mol. The zero-order valence-electron chi connectivity index (χ0n) is 6.91. The summed E-state index contributed by atoms with van der Waals surface area (Å²) in [5, 5.41) is 0. The number of carbonyl (C=O) groups is 1. The molecule has 0 spiro atoms. The zero-order valence-corrected chi connectivity index (χ0v) is 10.9. The first-order chi connectivity index (χ1) is 5.29. The molecule has 3 nitrogen and oxygen atoms in total. The topological polar surface area (TPSA) is 38.3 Å². The molecule has 0 aliphatic carbocycles. The monoisotopic (exact) mass is 265 g/mol. The number of nitrogens with one attached hydrogen (secondary N) is 1. The van der Waals surface area contributed by atoms with Crippen LogP contribution in [0.15, 0.2) is 30.3 Å².